The van der Waals surface area contributed by atoms with Crippen molar-refractivity contribution in [3.05, 3.63) is 36.0 Å². The zero-order valence-corrected chi connectivity index (χ0v) is 15.2. The van der Waals surface area contributed by atoms with Crippen LogP contribution in [0.15, 0.2) is 28.8 Å². The number of hydrogen-bond donors (Lipinski definition) is 3. The Balaban J connectivity index is 1.77. The van der Waals surface area contributed by atoms with Crippen molar-refractivity contribution in [1.29, 1.82) is 0 Å². The van der Waals surface area contributed by atoms with Gasteiger partial charge in [0, 0.05) is 37.2 Å². The summed E-state index contributed by atoms with van der Waals surface area (Å²) in [5.41, 5.74) is 1.25. The number of carbonyl (C=O) groups excluding carboxylic acids is 2. The lowest BCUT2D eigenvalue weighted by molar-refractivity contribution is -0.116. The van der Waals surface area contributed by atoms with Gasteiger partial charge in [-0.2, -0.15) is 4.98 Å². The van der Waals surface area contributed by atoms with Gasteiger partial charge in [-0.25, -0.2) is 4.79 Å². The van der Waals surface area contributed by atoms with E-state index in [2.05, 4.69) is 33.0 Å². The average Bonchev–Trinajstić information content (AvgIpc) is 3.03. The van der Waals surface area contributed by atoms with Crippen molar-refractivity contribution < 1.29 is 14.1 Å². The molecule has 0 aliphatic rings. The summed E-state index contributed by atoms with van der Waals surface area (Å²) in [7, 11) is 0. The monoisotopic (exact) mass is 359 g/mol. The topological polar surface area (TPSA) is 109 Å². The van der Waals surface area contributed by atoms with Gasteiger partial charge in [0.05, 0.1) is 0 Å². The smallest absolute Gasteiger partial charge is 0.319 e. The summed E-state index contributed by atoms with van der Waals surface area (Å²) in [6.07, 6.45) is 3.30. The number of aryl methyl sites for hydroxylation is 2. The largest absolute Gasteiger partial charge is 0.339 e. The molecule has 0 unspecified atom stereocenters. The van der Waals surface area contributed by atoms with Crippen LogP contribution in [0.5, 0.6) is 0 Å². The lowest BCUT2D eigenvalue weighted by atomic mass is 10.2. The Morgan fingerprint density at radius 1 is 1.12 bits per heavy atom. The van der Waals surface area contributed by atoms with Crippen LogP contribution in [0.4, 0.5) is 16.2 Å². The molecular formula is C18H25N5O3. The molecule has 0 fully saturated rings. The van der Waals surface area contributed by atoms with E-state index in [-0.39, 0.29) is 11.9 Å². The highest BCUT2D eigenvalue weighted by molar-refractivity contribution is 5.93. The van der Waals surface area contributed by atoms with Crippen LogP contribution in [0.25, 0.3) is 0 Å². The minimum atomic E-state index is -0.280. The highest BCUT2D eigenvalue weighted by Gasteiger charge is 2.08. The number of nitrogens with zero attached hydrogens (tertiary/aromatic N) is 2. The molecule has 2 aromatic rings. The molecule has 0 atom stereocenters. The van der Waals surface area contributed by atoms with E-state index in [1.165, 1.54) is 0 Å². The predicted molar refractivity (Wildman–Crippen MR) is 99.0 cm³/mol. The molecule has 8 heteroatoms. The third-order valence-corrected chi connectivity index (χ3v) is 3.52. The number of amides is 3. The van der Waals surface area contributed by atoms with Gasteiger partial charge < -0.3 is 20.5 Å². The fourth-order valence-electron chi connectivity index (χ4n) is 2.35. The molecule has 1 aromatic carbocycles. The maximum atomic E-state index is 12.1. The van der Waals surface area contributed by atoms with Crippen molar-refractivity contribution in [1.82, 2.24) is 15.5 Å². The number of anilines is 2. The van der Waals surface area contributed by atoms with E-state index in [4.69, 9.17) is 4.52 Å². The van der Waals surface area contributed by atoms with Gasteiger partial charge in [-0.3, -0.25) is 4.79 Å². The molecule has 0 radical (unpaired) electrons. The molecule has 0 saturated heterocycles. The van der Waals surface area contributed by atoms with Crippen molar-refractivity contribution in [2.75, 3.05) is 17.2 Å². The fraction of sp³-hybridized carbons (Fsp3) is 0.444. The summed E-state index contributed by atoms with van der Waals surface area (Å²) >= 11 is 0. The number of hydrogen-bond acceptors (Lipinski definition) is 5. The van der Waals surface area contributed by atoms with Crippen LogP contribution in [0.1, 0.15) is 44.8 Å². The second-order valence-electron chi connectivity index (χ2n) is 5.82. The maximum absolute atomic E-state index is 12.1. The number of nitrogens with one attached hydrogen (secondary N) is 3. The molecule has 1 heterocycles. The number of benzene rings is 1. The van der Waals surface area contributed by atoms with Crippen LogP contribution in [0.3, 0.4) is 0 Å². The average molecular weight is 359 g/mol. The summed E-state index contributed by atoms with van der Waals surface area (Å²) in [5.74, 6) is 1.17. The van der Waals surface area contributed by atoms with Crippen LogP contribution in [-0.2, 0) is 17.6 Å². The predicted octanol–water partition coefficient (Wildman–Crippen LogP) is 3.12. The Morgan fingerprint density at radius 3 is 2.62 bits per heavy atom. The lowest BCUT2D eigenvalue weighted by Crippen LogP contribution is -2.28. The van der Waals surface area contributed by atoms with Gasteiger partial charge in [-0.1, -0.05) is 18.1 Å². The van der Waals surface area contributed by atoms with Gasteiger partial charge >= 0.3 is 6.03 Å². The molecule has 0 saturated carbocycles. The number of urea groups is 1. The zero-order valence-electron chi connectivity index (χ0n) is 15.2. The van der Waals surface area contributed by atoms with E-state index in [1.807, 2.05) is 6.92 Å². The third-order valence-electron chi connectivity index (χ3n) is 3.52. The molecule has 0 aliphatic heterocycles. The van der Waals surface area contributed by atoms with Gasteiger partial charge in [0.2, 0.25) is 11.8 Å². The first-order valence-electron chi connectivity index (χ1n) is 8.87. The molecule has 140 valence electrons. The first kappa shape index (κ1) is 19.4. The second-order valence-corrected chi connectivity index (χ2v) is 5.82. The number of carbonyl (C=O) groups is 2. The summed E-state index contributed by atoms with van der Waals surface area (Å²) in [6, 6.07) is 6.73. The first-order valence-corrected chi connectivity index (χ1v) is 8.87. The number of aromatic nitrogens is 2. The SMILES string of the molecule is CCCc1noc(CCCC(=O)Nc2cccc(NC(=O)NCC)c2)n1. The minimum absolute atomic E-state index is 0.103. The fourth-order valence-corrected chi connectivity index (χ4v) is 2.35. The second kappa shape index (κ2) is 10.2. The van der Waals surface area contributed by atoms with Crippen molar-refractivity contribution in [2.45, 2.75) is 46.0 Å². The highest BCUT2D eigenvalue weighted by atomic mass is 16.5. The highest BCUT2D eigenvalue weighted by Crippen LogP contribution is 2.15. The van der Waals surface area contributed by atoms with Crippen LogP contribution in [-0.4, -0.2) is 28.6 Å². The van der Waals surface area contributed by atoms with Gasteiger partial charge in [-0.15, -0.1) is 0 Å². The van der Waals surface area contributed by atoms with Crippen LogP contribution >= 0.6 is 0 Å². The Kier molecular flexibility index (Phi) is 7.60. The van der Waals surface area contributed by atoms with Gasteiger partial charge in [0.25, 0.3) is 0 Å². The molecule has 0 bridgehead atoms. The minimum Gasteiger partial charge on any atom is -0.339 e. The normalized spacial score (nSPS) is 10.4. The zero-order chi connectivity index (χ0) is 18.8. The molecule has 1 aromatic heterocycles. The van der Waals surface area contributed by atoms with Gasteiger partial charge in [-0.05, 0) is 38.0 Å². The summed E-state index contributed by atoms with van der Waals surface area (Å²) < 4.78 is 5.15. The molecule has 26 heavy (non-hydrogen) atoms. The molecule has 2 rings (SSSR count). The molecule has 3 N–H and O–H groups in total. The maximum Gasteiger partial charge on any atom is 0.319 e. The Labute approximate surface area is 152 Å². The van der Waals surface area contributed by atoms with E-state index in [0.29, 0.717) is 48.9 Å². The van der Waals surface area contributed by atoms with Crippen molar-refractivity contribution in [2.24, 2.45) is 0 Å². The molecule has 8 nitrogen and oxygen atoms in total. The number of rotatable bonds is 9. The van der Waals surface area contributed by atoms with Crippen molar-refractivity contribution >= 4 is 23.3 Å². The Bertz CT molecular complexity index is 729. The Morgan fingerprint density at radius 2 is 1.88 bits per heavy atom. The van der Waals surface area contributed by atoms with Crippen LogP contribution < -0.4 is 16.0 Å². The van der Waals surface area contributed by atoms with E-state index in [0.717, 1.165) is 12.8 Å². The van der Waals surface area contributed by atoms with Gasteiger partial charge in [0.15, 0.2) is 5.82 Å². The molecule has 3 amide bonds. The van der Waals surface area contributed by atoms with E-state index in [1.54, 1.807) is 24.3 Å². The molecular weight excluding hydrogens is 334 g/mol. The lowest BCUT2D eigenvalue weighted by Gasteiger charge is -2.09. The quantitative estimate of drug-likeness (QED) is 0.637. The Hall–Kier alpha value is -2.90. The van der Waals surface area contributed by atoms with Crippen molar-refractivity contribution in [3.63, 3.8) is 0 Å². The summed E-state index contributed by atoms with van der Waals surface area (Å²) in [5, 5.41) is 12.1. The van der Waals surface area contributed by atoms with Gasteiger partial charge in [0.1, 0.15) is 0 Å². The van der Waals surface area contributed by atoms with E-state index < -0.39 is 0 Å². The molecule has 0 spiro atoms. The van der Waals surface area contributed by atoms with Crippen LogP contribution in [0, 0.1) is 0 Å². The van der Waals surface area contributed by atoms with E-state index in [9.17, 15) is 9.59 Å². The van der Waals surface area contributed by atoms with Crippen molar-refractivity contribution in [3.8, 4) is 0 Å². The molecule has 0 aliphatic carbocycles. The van der Waals surface area contributed by atoms with Crippen LogP contribution in [0.2, 0.25) is 0 Å². The summed E-state index contributed by atoms with van der Waals surface area (Å²) in [4.78, 5) is 27.9. The third kappa shape index (κ3) is 6.54. The van der Waals surface area contributed by atoms with E-state index >= 15 is 0 Å². The standard InChI is InChI=1S/C18H25N5O3/c1-3-7-15-22-17(26-23-15)11-6-10-16(24)20-13-8-5-9-14(12-13)21-18(25)19-4-2/h5,8-9,12H,3-4,6-7,10-11H2,1-2H3,(H,20,24)(H2,19,21,25). The summed E-state index contributed by atoms with van der Waals surface area (Å²) in [6.45, 7) is 4.44. The first-order chi connectivity index (χ1) is 12.6.